The maximum absolute atomic E-state index is 2.93. The quantitative estimate of drug-likeness (QED) is 0.478. The molecule has 2 aliphatic rings. The van der Waals surface area contributed by atoms with Crippen molar-refractivity contribution >= 4 is 48.3 Å². The van der Waals surface area contributed by atoms with Gasteiger partial charge in [0.1, 0.15) is 0 Å². The van der Waals surface area contributed by atoms with Crippen LogP contribution in [0.15, 0.2) is 23.8 Å². The lowest BCUT2D eigenvalue weighted by molar-refractivity contribution is 1.42. The highest BCUT2D eigenvalue weighted by atomic mass is 32.3. The first-order valence-corrected chi connectivity index (χ1v) is 6.28. The average Bonchev–Trinajstić information content (AvgIpc) is 2.24. The monoisotopic (exact) mass is 240 g/mol. The van der Waals surface area contributed by atoms with Crippen LogP contribution in [0, 0.1) is 0 Å². The summed E-state index contributed by atoms with van der Waals surface area (Å²) in [7, 11) is 0. The summed E-state index contributed by atoms with van der Waals surface area (Å²) in [5, 5.41) is 1.99. The zero-order valence-electron chi connectivity index (χ0n) is 5.94. The summed E-state index contributed by atoms with van der Waals surface area (Å²) in [4.78, 5) is 0. The molecule has 0 unspecified atom stereocenters. The second-order valence-corrected chi connectivity index (χ2v) is 4.84. The Morgan fingerprint density at radius 2 is 1.50 bits per heavy atom. The maximum atomic E-state index is 2.93. The third-order valence-electron chi connectivity index (χ3n) is 0.740. The SMILES string of the molecule is C1=CNSC=C1.N1SNSNS1. The minimum atomic E-state index is 1.46. The Balaban J connectivity index is 0.000000120. The van der Waals surface area contributed by atoms with Gasteiger partial charge in [0.25, 0.3) is 0 Å². The van der Waals surface area contributed by atoms with Gasteiger partial charge in [0.15, 0.2) is 0 Å². The van der Waals surface area contributed by atoms with Gasteiger partial charge in [-0.15, -0.1) is 0 Å². The first-order chi connectivity index (χ1) is 6.00. The molecule has 0 radical (unpaired) electrons. The smallest absolute Gasteiger partial charge is 0.0271 e. The van der Waals surface area contributed by atoms with Crippen LogP contribution in [0.1, 0.15) is 0 Å². The fraction of sp³-hybridized carbons (Fsp3) is 0. The first-order valence-electron chi connectivity index (χ1n) is 2.95. The predicted molar refractivity (Wildman–Crippen MR) is 61.2 cm³/mol. The summed E-state index contributed by atoms with van der Waals surface area (Å²) in [5.74, 6) is 0. The topological polar surface area (TPSA) is 48.1 Å². The molecule has 2 aliphatic heterocycles. The van der Waals surface area contributed by atoms with Crippen LogP contribution in [0.4, 0.5) is 0 Å². The molecule has 0 aromatic rings. The van der Waals surface area contributed by atoms with Crippen molar-refractivity contribution in [2.75, 3.05) is 0 Å². The molecule has 2 rings (SSSR count). The van der Waals surface area contributed by atoms with Crippen molar-refractivity contribution in [2.45, 2.75) is 0 Å². The summed E-state index contributed by atoms with van der Waals surface area (Å²) in [6.45, 7) is 0. The molecule has 0 amide bonds. The summed E-state index contributed by atoms with van der Waals surface area (Å²) in [6.07, 6.45) is 5.84. The van der Waals surface area contributed by atoms with E-state index in [0.717, 1.165) is 0 Å². The van der Waals surface area contributed by atoms with E-state index in [-0.39, 0.29) is 0 Å². The van der Waals surface area contributed by atoms with E-state index < -0.39 is 0 Å². The summed E-state index contributed by atoms with van der Waals surface area (Å²) < 4.78 is 11.6. The minimum absolute atomic E-state index is 1.46. The lowest BCUT2D eigenvalue weighted by Crippen LogP contribution is -2.14. The molecule has 4 nitrogen and oxygen atoms in total. The van der Waals surface area contributed by atoms with Crippen molar-refractivity contribution in [3.05, 3.63) is 23.8 Å². The fourth-order valence-electron chi connectivity index (χ4n) is 0.372. The molecule has 0 atom stereocenters. The van der Waals surface area contributed by atoms with Crippen molar-refractivity contribution in [3.63, 3.8) is 0 Å². The van der Waals surface area contributed by atoms with Crippen LogP contribution in [-0.2, 0) is 0 Å². The summed E-state index contributed by atoms with van der Waals surface area (Å²) in [5.41, 5.74) is 0. The van der Waals surface area contributed by atoms with Gasteiger partial charge in [-0.2, -0.15) is 12.4 Å². The van der Waals surface area contributed by atoms with Gasteiger partial charge >= 0.3 is 0 Å². The molecule has 1 saturated heterocycles. The zero-order valence-corrected chi connectivity index (χ0v) is 9.21. The van der Waals surface area contributed by atoms with Crippen LogP contribution in [0.25, 0.3) is 0 Å². The van der Waals surface area contributed by atoms with E-state index in [1.807, 2.05) is 23.8 Å². The second kappa shape index (κ2) is 8.17. The van der Waals surface area contributed by atoms with Gasteiger partial charge in [-0.1, -0.05) is 6.08 Å². The molecule has 68 valence electrons. The summed E-state index contributed by atoms with van der Waals surface area (Å²) >= 11 is 5.95. The van der Waals surface area contributed by atoms with Gasteiger partial charge < -0.3 is 4.72 Å². The van der Waals surface area contributed by atoms with Crippen molar-refractivity contribution in [2.24, 2.45) is 0 Å². The Morgan fingerprint density at radius 1 is 0.833 bits per heavy atom. The van der Waals surface area contributed by atoms with Crippen LogP contribution in [0.5, 0.6) is 0 Å². The minimum Gasteiger partial charge on any atom is -0.333 e. The summed E-state index contributed by atoms with van der Waals surface area (Å²) in [6, 6.07) is 0. The maximum Gasteiger partial charge on any atom is 0.0271 e. The first kappa shape index (κ1) is 10.6. The molecule has 0 aromatic heterocycles. The molecule has 8 heteroatoms. The fourth-order valence-corrected chi connectivity index (χ4v) is 2.60. The second-order valence-electron chi connectivity index (χ2n) is 1.48. The van der Waals surface area contributed by atoms with Crippen molar-refractivity contribution in [1.82, 2.24) is 17.1 Å². The van der Waals surface area contributed by atoms with Crippen LogP contribution in [0.3, 0.4) is 0 Å². The van der Waals surface area contributed by atoms with Gasteiger partial charge in [0.2, 0.25) is 0 Å². The van der Waals surface area contributed by atoms with E-state index in [0.29, 0.717) is 0 Å². The van der Waals surface area contributed by atoms with Crippen LogP contribution in [0.2, 0.25) is 0 Å². The number of rotatable bonds is 0. The Labute approximate surface area is 89.1 Å². The molecule has 0 bridgehead atoms. The van der Waals surface area contributed by atoms with E-state index in [4.69, 9.17) is 0 Å². The van der Waals surface area contributed by atoms with Gasteiger partial charge in [0, 0.05) is 42.6 Å². The highest BCUT2D eigenvalue weighted by Crippen LogP contribution is 2.08. The van der Waals surface area contributed by atoms with E-state index in [1.54, 1.807) is 11.9 Å². The molecule has 0 saturated carbocycles. The molecule has 0 spiro atoms. The highest BCUT2D eigenvalue weighted by molar-refractivity contribution is 8.25. The van der Waals surface area contributed by atoms with Gasteiger partial charge in [-0.05, 0) is 23.4 Å². The highest BCUT2D eigenvalue weighted by Gasteiger charge is 1.93. The Bertz CT molecular complexity index is 134. The van der Waals surface area contributed by atoms with Crippen LogP contribution in [-0.4, -0.2) is 0 Å². The third-order valence-corrected chi connectivity index (χ3v) is 3.31. The number of allylic oxidation sites excluding steroid dienone is 2. The standard InChI is InChI=1S/C4H5NS.H3N3S3/c1-2-4-6-5-3-1;1-4-2-6-3-5-1/h1-5H;1-3H. The van der Waals surface area contributed by atoms with E-state index >= 15 is 0 Å². The molecule has 2 heterocycles. The average molecular weight is 240 g/mol. The molecule has 0 aliphatic carbocycles. The van der Waals surface area contributed by atoms with Crippen molar-refractivity contribution < 1.29 is 0 Å². The molecule has 4 N–H and O–H groups in total. The number of hydrogen-bond acceptors (Lipinski definition) is 8. The van der Waals surface area contributed by atoms with Gasteiger partial charge in [0.05, 0.1) is 0 Å². The molecule has 12 heavy (non-hydrogen) atoms. The Kier molecular flexibility index (Phi) is 7.25. The Morgan fingerprint density at radius 3 is 1.67 bits per heavy atom. The van der Waals surface area contributed by atoms with Gasteiger partial charge in [-0.3, -0.25) is 0 Å². The van der Waals surface area contributed by atoms with Crippen molar-refractivity contribution in [1.29, 1.82) is 0 Å². The van der Waals surface area contributed by atoms with E-state index in [2.05, 4.69) is 17.1 Å². The normalized spacial score (nSPS) is 20.7. The largest absolute Gasteiger partial charge is 0.333 e. The van der Waals surface area contributed by atoms with Crippen LogP contribution < -0.4 is 17.1 Å². The lowest BCUT2D eigenvalue weighted by Gasteiger charge is -2.08. The lowest BCUT2D eigenvalue weighted by atomic mass is 10.6. The van der Waals surface area contributed by atoms with E-state index in [9.17, 15) is 0 Å². The predicted octanol–water partition coefficient (Wildman–Crippen LogP) is 1.72. The molecule has 0 aromatic carbocycles. The Hall–Kier alpha value is 0.560. The number of nitrogens with one attached hydrogen (secondary N) is 4. The molecular weight excluding hydrogens is 232 g/mol. The van der Waals surface area contributed by atoms with E-state index in [1.165, 1.54) is 36.4 Å². The van der Waals surface area contributed by atoms with Crippen molar-refractivity contribution in [3.8, 4) is 0 Å². The number of hydrogen-bond donors (Lipinski definition) is 4. The van der Waals surface area contributed by atoms with Gasteiger partial charge in [-0.25, -0.2) is 0 Å². The molecule has 1 fully saturated rings. The third kappa shape index (κ3) is 6.12. The molecular formula is C4H8N4S4. The van der Waals surface area contributed by atoms with Crippen LogP contribution >= 0.6 is 48.3 Å². The zero-order chi connectivity index (χ0) is 8.49.